The maximum absolute atomic E-state index is 12.0. The molecule has 0 aliphatic heterocycles. The molecule has 2 amide bonds. The van der Waals surface area contributed by atoms with Crippen LogP contribution >= 0.6 is 0 Å². The van der Waals surface area contributed by atoms with Crippen LogP contribution in [0.4, 0.5) is 0 Å². The number of rotatable bonds is 9. The van der Waals surface area contributed by atoms with Crippen LogP contribution in [0.15, 0.2) is 0 Å². The smallest absolute Gasteiger partial charge is 0.327 e. The average Bonchev–Trinajstić information content (AvgIpc) is 2.36. The summed E-state index contributed by atoms with van der Waals surface area (Å²) in [7, 11) is -3.99. The third-order valence-corrected chi connectivity index (χ3v) is 4.90. The van der Waals surface area contributed by atoms with E-state index in [-0.39, 0.29) is 0 Å². The molecule has 2 unspecified atom stereocenters. The van der Waals surface area contributed by atoms with Crippen LogP contribution in [0.3, 0.4) is 0 Å². The molecule has 2 atom stereocenters. The van der Waals surface area contributed by atoms with Crippen molar-refractivity contribution in [3.63, 3.8) is 0 Å². The van der Waals surface area contributed by atoms with Crippen LogP contribution in [0.25, 0.3) is 0 Å². The molecule has 0 bridgehead atoms. The molecule has 21 heavy (non-hydrogen) atoms. The van der Waals surface area contributed by atoms with Gasteiger partial charge in [-0.05, 0) is 13.3 Å². The zero-order valence-corrected chi connectivity index (χ0v) is 13.2. The predicted octanol–water partition coefficient (Wildman–Crippen LogP) is -0.705. The number of unbranched alkanes of at least 4 members (excludes halogenated alkanes) is 1. The number of nitrogens with one attached hydrogen (secondary N) is 2. The monoisotopic (exact) mass is 322 g/mol. The highest BCUT2D eigenvalue weighted by molar-refractivity contribution is 7.92. The quantitative estimate of drug-likeness (QED) is 0.481. The van der Waals surface area contributed by atoms with Crippen LogP contribution in [0.5, 0.6) is 0 Å². The summed E-state index contributed by atoms with van der Waals surface area (Å²) in [5.41, 5.74) is 0. The van der Waals surface area contributed by atoms with Gasteiger partial charge < -0.3 is 15.7 Å². The van der Waals surface area contributed by atoms with Crippen LogP contribution in [0.1, 0.15) is 33.6 Å². The van der Waals surface area contributed by atoms with Gasteiger partial charge in [-0.2, -0.15) is 0 Å². The summed E-state index contributed by atoms with van der Waals surface area (Å²) in [6.45, 7) is 4.58. The van der Waals surface area contributed by atoms with Crippen LogP contribution in [-0.2, 0) is 24.2 Å². The molecule has 0 rings (SSSR count). The van der Waals surface area contributed by atoms with Crippen LogP contribution in [0, 0.1) is 0 Å². The second-order valence-electron chi connectivity index (χ2n) is 4.71. The Bertz CT molecular complexity index is 488. The third-order valence-electron chi connectivity index (χ3n) is 2.81. The predicted molar refractivity (Wildman–Crippen MR) is 76.4 cm³/mol. The summed E-state index contributed by atoms with van der Waals surface area (Å²) >= 11 is 0. The Morgan fingerprint density at radius 2 is 1.81 bits per heavy atom. The van der Waals surface area contributed by atoms with E-state index in [0.717, 1.165) is 19.8 Å². The second kappa shape index (κ2) is 8.60. The Labute approximate surface area is 124 Å². The first-order valence-corrected chi connectivity index (χ1v) is 8.32. The van der Waals surface area contributed by atoms with Crippen molar-refractivity contribution in [1.82, 2.24) is 10.6 Å². The maximum atomic E-state index is 12.0. The molecule has 0 aliphatic rings. The van der Waals surface area contributed by atoms with E-state index < -0.39 is 44.7 Å². The molecular formula is C12H22N2O6S. The van der Waals surface area contributed by atoms with Gasteiger partial charge in [0.25, 0.3) is 0 Å². The molecule has 0 aliphatic carbocycles. The van der Waals surface area contributed by atoms with Gasteiger partial charge >= 0.3 is 5.97 Å². The number of hydrogen-bond acceptors (Lipinski definition) is 5. The number of carbonyl (C=O) groups excluding carboxylic acids is 2. The normalized spacial score (nSPS) is 14.0. The molecule has 0 saturated heterocycles. The Morgan fingerprint density at radius 1 is 1.24 bits per heavy atom. The zero-order chi connectivity index (χ0) is 16.6. The summed E-state index contributed by atoms with van der Waals surface area (Å²) in [6.07, 6.45) is 1.58. The Balaban J connectivity index is 4.81. The van der Waals surface area contributed by atoms with Crippen molar-refractivity contribution >= 4 is 27.6 Å². The fraction of sp³-hybridized carbons (Fsp3) is 0.750. The van der Waals surface area contributed by atoms with E-state index in [9.17, 15) is 22.8 Å². The molecule has 0 radical (unpaired) electrons. The van der Waals surface area contributed by atoms with Gasteiger partial charge in [-0.1, -0.05) is 13.3 Å². The fourth-order valence-electron chi connectivity index (χ4n) is 1.49. The lowest BCUT2D eigenvalue weighted by molar-refractivity contribution is -0.140. The lowest BCUT2D eigenvalue weighted by Gasteiger charge is -2.17. The molecule has 0 aromatic heterocycles. The zero-order valence-electron chi connectivity index (χ0n) is 12.4. The first-order chi connectivity index (χ1) is 9.61. The standard InChI is InChI=1S/C12H22N2O6S/c1-4-5-6-13-11(16)8(2)21(19,20)7-10(12(17)18)14-9(3)15/h8,10H,4-7H2,1-3H3,(H,13,16)(H,14,15)(H,17,18). The number of sulfone groups is 1. The number of amides is 2. The van der Waals surface area contributed by atoms with Crippen molar-refractivity contribution in [2.45, 2.75) is 44.9 Å². The number of aliphatic carboxylic acids is 1. The van der Waals surface area contributed by atoms with Crippen molar-refractivity contribution in [2.75, 3.05) is 12.3 Å². The van der Waals surface area contributed by atoms with Crippen molar-refractivity contribution in [3.05, 3.63) is 0 Å². The Morgan fingerprint density at radius 3 is 2.24 bits per heavy atom. The molecule has 0 aromatic rings. The molecule has 0 fully saturated rings. The van der Waals surface area contributed by atoms with E-state index in [1.54, 1.807) is 0 Å². The summed E-state index contributed by atoms with van der Waals surface area (Å²) in [4.78, 5) is 33.5. The van der Waals surface area contributed by atoms with Gasteiger partial charge in [0, 0.05) is 13.5 Å². The SMILES string of the molecule is CCCCNC(=O)C(C)S(=O)(=O)CC(NC(C)=O)C(=O)O. The first kappa shape index (κ1) is 19.4. The van der Waals surface area contributed by atoms with Gasteiger partial charge in [-0.25, -0.2) is 13.2 Å². The topological polar surface area (TPSA) is 130 Å². The summed E-state index contributed by atoms with van der Waals surface area (Å²) in [5, 5.41) is 12.0. The highest BCUT2D eigenvalue weighted by atomic mass is 32.2. The number of carboxylic acids is 1. The second-order valence-corrected chi connectivity index (χ2v) is 7.07. The van der Waals surface area contributed by atoms with E-state index in [0.29, 0.717) is 6.54 Å². The van der Waals surface area contributed by atoms with Crippen LogP contribution in [0.2, 0.25) is 0 Å². The molecule has 122 valence electrons. The van der Waals surface area contributed by atoms with Crippen molar-refractivity contribution in [1.29, 1.82) is 0 Å². The minimum absolute atomic E-state index is 0.364. The Hall–Kier alpha value is -1.64. The largest absolute Gasteiger partial charge is 0.480 e. The van der Waals surface area contributed by atoms with E-state index in [4.69, 9.17) is 5.11 Å². The average molecular weight is 322 g/mol. The minimum atomic E-state index is -3.99. The summed E-state index contributed by atoms with van der Waals surface area (Å²) in [6, 6.07) is -1.57. The van der Waals surface area contributed by atoms with Gasteiger partial charge in [-0.3, -0.25) is 9.59 Å². The molecule has 8 nitrogen and oxygen atoms in total. The van der Waals surface area contributed by atoms with E-state index in [1.165, 1.54) is 6.92 Å². The molecule has 0 spiro atoms. The van der Waals surface area contributed by atoms with Gasteiger partial charge in [0.05, 0.1) is 5.75 Å². The molecular weight excluding hydrogens is 300 g/mol. The summed E-state index contributed by atoms with van der Waals surface area (Å²) < 4.78 is 24.1. The Kier molecular flexibility index (Phi) is 7.93. The van der Waals surface area contributed by atoms with Crippen molar-refractivity contribution in [2.24, 2.45) is 0 Å². The van der Waals surface area contributed by atoms with Crippen LogP contribution < -0.4 is 10.6 Å². The van der Waals surface area contributed by atoms with Gasteiger partial charge in [0.2, 0.25) is 11.8 Å². The fourth-order valence-corrected chi connectivity index (χ4v) is 2.88. The third kappa shape index (κ3) is 7.07. The number of hydrogen-bond donors (Lipinski definition) is 3. The van der Waals surface area contributed by atoms with Gasteiger partial charge in [0.1, 0.15) is 11.3 Å². The highest BCUT2D eigenvalue weighted by Gasteiger charge is 2.33. The summed E-state index contributed by atoms with van der Waals surface area (Å²) in [5.74, 6) is -3.62. The highest BCUT2D eigenvalue weighted by Crippen LogP contribution is 2.05. The molecule has 9 heteroatoms. The number of carbonyl (C=O) groups is 3. The first-order valence-electron chi connectivity index (χ1n) is 6.61. The van der Waals surface area contributed by atoms with Crippen molar-refractivity contribution in [3.8, 4) is 0 Å². The van der Waals surface area contributed by atoms with Crippen molar-refractivity contribution < 1.29 is 27.9 Å². The maximum Gasteiger partial charge on any atom is 0.327 e. The molecule has 3 N–H and O–H groups in total. The molecule has 0 aromatic carbocycles. The minimum Gasteiger partial charge on any atom is -0.480 e. The molecule has 0 heterocycles. The van der Waals surface area contributed by atoms with Gasteiger partial charge in [-0.15, -0.1) is 0 Å². The lowest BCUT2D eigenvalue weighted by atomic mass is 10.3. The van der Waals surface area contributed by atoms with Gasteiger partial charge in [0.15, 0.2) is 9.84 Å². The lowest BCUT2D eigenvalue weighted by Crippen LogP contribution is -2.48. The van der Waals surface area contributed by atoms with E-state index in [2.05, 4.69) is 5.32 Å². The van der Waals surface area contributed by atoms with E-state index in [1.807, 2.05) is 12.2 Å². The molecule has 0 saturated carbocycles. The van der Waals surface area contributed by atoms with Crippen LogP contribution in [-0.4, -0.2) is 54.9 Å². The van der Waals surface area contributed by atoms with E-state index >= 15 is 0 Å². The number of carboxylic acid groups (broad SMARTS) is 1.